The Balaban J connectivity index is 1.72. The Hall–Kier alpha value is -2.80. The predicted molar refractivity (Wildman–Crippen MR) is 92.8 cm³/mol. The van der Waals surface area contributed by atoms with Crippen LogP contribution in [-0.4, -0.2) is 34.8 Å². The van der Waals surface area contributed by atoms with E-state index in [0.717, 1.165) is 10.2 Å². The number of rotatable bonds is 2. The lowest BCUT2D eigenvalue weighted by molar-refractivity contribution is -0.128. The summed E-state index contributed by atoms with van der Waals surface area (Å²) in [5.41, 5.74) is 3.51. The Morgan fingerprint density at radius 1 is 1.28 bits per heavy atom. The third-order valence-electron chi connectivity index (χ3n) is 4.22. The molecule has 1 aliphatic rings. The number of thiazole rings is 1. The van der Waals surface area contributed by atoms with Crippen molar-refractivity contribution in [1.82, 2.24) is 15.2 Å². The van der Waals surface area contributed by atoms with Crippen molar-refractivity contribution >= 4 is 33.4 Å². The Kier molecular flexibility index (Phi) is 3.93. The van der Waals surface area contributed by atoms with Gasteiger partial charge in [-0.2, -0.15) is 0 Å². The van der Waals surface area contributed by atoms with E-state index >= 15 is 0 Å². The molecule has 0 bridgehead atoms. The first kappa shape index (κ1) is 15.7. The Bertz CT molecular complexity index is 972. The van der Waals surface area contributed by atoms with Crippen molar-refractivity contribution in [2.24, 2.45) is 0 Å². The molecule has 1 aliphatic heterocycles. The molecule has 1 saturated heterocycles. The average molecular weight is 355 g/mol. The minimum atomic E-state index is -0.839. The molecule has 5 nitrogen and oxygen atoms in total. The first-order valence-electron chi connectivity index (χ1n) is 7.81. The van der Waals surface area contributed by atoms with E-state index in [1.165, 1.54) is 28.4 Å². The molecular formula is C18H14FN3O2S. The summed E-state index contributed by atoms with van der Waals surface area (Å²) in [6, 6.07) is 10.2. The van der Waals surface area contributed by atoms with Crippen molar-refractivity contribution in [3.8, 4) is 0 Å². The lowest BCUT2D eigenvalue weighted by Gasteiger charge is -2.35. The summed E-state index contributed by atoms with van der Waals surface area (Å²) in [7, 11) is 0. The van der Waals surface area contributed by atoms with E-state index < -0.39 is 11.9 Å². The molecule has 1 unspecified atom stereocenters. The normalized spacial score (nSPS) is 17.6. The first-order chi connectivity index (χ1) is 12.1. The second kappa shape index (κ2) is 6.25. The Labute approximate surface area is 147 Å². The standard InChI is InChI=1S/C18H14FN3O2S/c19-13-3-1-2-11(8-13)16-17(23)20-6-7-22(16)18(24)12-4-5-14-15(9-12)25-10-21-14/h1-5,8-10,16H,6-7H2,(H,20,23). The van der Waals surface area contributed by atoms with Gasteiger partial charge in [0.2, 0.25) is 5.91 Å². The molecule has 0 aliphatic carbocycles. The summed E-state index contributed by atoms with van der Waals surface area (Å²) in [4.78, 5) is 31.1. The van der Waals surface area contributed by atoms with Crippen LogP contribution in [0.1, 0.15) is 22.0 Å². The number of carbonyl (C=O) groups excluding carboxylic acids is 2. The summed E-state index contributed by atoms with van der Waals surface area (Å²) in [6.07, 6.45) is 0. The number of halogens is 1. The van der Waals surface area contributed by atoms with Gasteiger partial charge < -0.3 is 10.2 Å². The van der Waals surface area contributed by atoms with E-state index in [4.69, 9.17) is 0 Å². The van der Waals surface area contributed by atoms with Crippen LogP contribution in [-0.2, 0) is 4.79 Å². The molecule has 4 rings (SSSR count). The monoisotopic (exact) mass is 355 g/mol. The van der Waals surface area contributed by atoms with Gasteiger partial charge in [-0.05, 0) is 35.9 Å². The number of benzene rings is 2. The maximum absolute atomic E-state index is 13.6. The van der Waals surface area contributed by atoms with Gasteiger partial charge in [0.1, 0.15) is 11.9 Å². The Morgan fingerprint density at radius 3 is 3.00 bits per heavy atom. The topological polar surface area (TPSA) is 62.3 Å². The number of nitrogens with zero attached hydrogens (tertiary/aromatic N) is 2. The van der Waals surface area contributed by atoms with Gasteiger partial charge in [0.05, 0.1) is 15.7 Å². The molecule has 1 aromatic heterocycles. The van der Waals surface area contributed by atoms with Gasteiger partial charge in [0.25, 0.3) is 5.91 Å². The van der Waals surface area contributed by atoms with Crippen molar-refractivity contribution in [3.05, 3.63) is 64.9 Å². The fraction of sp³-hybridized carbons (Fsp3) is 0.167. The Morgan fingerprint density at radius 2 is 2.16 bits per heavy atom. The van der Waals surface area contributed by atoms with Gasteiger partial charge in [-0.3, -0.25) is 9.59 Å². The number of piperazine rings is 1. The number of hydrogen-bond donors (Lipinski definition) is 1. The summed E-state index contributed by atoms with van der Waals surface area (Å²) in [6.45, 7) is 0.742. The van der Waals surface area contributed by atoms with Crippen LogP contribution < -0.4 is 5.32 Å². The highest BCUT2D eigenvalue weighted by Crippen LogP contribution is 2.27. The quantitative estimate of drug-likeness (QED) is 0.769. The van der Waals surface area contributed by atoms with Crippen LogP contribution in [0.2, 0.25) is 0 Å². The SMILES string of the molecule is O=C1NCCN(C(=O)c2ccc3ncsc3c2)C1c1cccc(F)c1. The minimum Gasteiger partial charge on any atom is -0.352 e. The van der Waals surface area contributed by atoms with Gasteiger partial charge in [-0.15, -0.1) is 11.3 Å². The lowest BCUT2D eigenvalue weighted by Crippen LogP contribution is -2.52. The van der Waals surface area contributed by atoms with Gasteiger partial charge in [-0.25, -0.2) is 9.37 Å². The predicted octanol–water partition coefficient (Wildman–Crippen LogP) is 2.75. The smallest absolute Gasteiger partial charge is 0.254 e. The van der Waals surface area contributed by atoms with Crippen LogP contribution in [0.25, 0.3) is 10.2 Å². The van der Waals surface area contributed by atoms with Crippen LogP contribution >= 0.6 is 11.3 Å². The van der Waals surface area contributed by atoms with Crippen molar-refractivity contribution < 1.29 is 14.0 Å². The first-order valence-corrected chi connectivity index (χ1v) is 8.69. The molecule has 1 fully saturated rings. The fourth-order valence-electron chi connectivity index (χ4n) is 3.05. The van der Waals surface area contributed by atoms with Crippen molar-refractivity contribution in [1.29, 1.82) is 0 Å². The van der Waals surface area contributed by atoms with Crippen LogP contribution in [0.15, 0.2) is 48.0 Å². The number of hydrogen-bond acceptors (Lipinski definition) is 4. The zero-order valence-electron chi connectivity index (χ0n) is 13.1. The molecule has 2 amide bonds. The van der Waals surface area contributed by atoms with Crippen LogP contribution in [0.3, 0.4) is 0 Å². The molecule has 1 N–H and O–H groups in total. The second-order valence-corrected chi connectivity index (χ2v) is 6.67. The molecule has 25 heavy (non-hydrogen) atoms. The highest BCUT2D eigenvalue weighted by atomic mass is 32.1. The molecule has 0 spiro atoms. The highest BCUT2D eigenvalue weighted by molar-refractivity contribution is 7.16. The second-order valence-electron chi connectivity index (χ2n) is 5.78. The van der Waals surface area contributed by atoms with E-state index in [2.05, 4.69) is 10.3 Å². The van der Waals surface area contributed by atoms with Crippen molar-refractivity contribution in [2.45, 2.75) is 6.04 Å². The van der Waals surface area contributed by atoms with Crippen molar-refractivity contribution in [3.63, 3.8) is 0 Å². The third kappa shape index (κ3) is 2.87. The van der Waals surface area contributed by atoms with E-state index in [1.807, 2.05) is 0 Å². The lowest BCUT2D eigenvalue weighted by atomic mass is 10.0. The zero-order valence-corrected chi connectivity index (χ0v) is 13.9. The molecule has 0 radical (unpaired) electrons. The fourth-order valence-corrected chi connectivity index (χ4v) is 3.76. The van der Waals surface area contributed by atoms with E-state index in [9.17, 15) is 14.0 Å². The van der Waals surface area contributed by atoms with Gasteiger partial charge in [0.15, 0.2) is 0 Å². The number of fused-ring (bicyclic) bond motifs is 1. The van der Waals surface area contributed by atoms with Gasteiger partial charge in [0, 0.05) is 18.7 Å². The largest absolute Gasteiger partial charge is 0.352 e. The average Bonchev–Trinajstić information content (AvgIpc) is 3.08. The summed E-state index contributed by atoms with van der Waals surface area (Å²) >= 11 is 1.45. The maximum atomic E-state index is 13.6. The molecular weight excluding hydrogens is 341 g/mol. The van der Waals surface area contributed by atoms with Gasteiger partial charge in [-0.1, -0.05) is 12.1 Å². The molecule has 0 saturated carbocycles. The minimum absolute atomic E-state index is 0.251. The summed E-state index contributed by atoms with van der Waals surface area (Å²) in [5, 5.41) is 2.75. The van der Waals surface area contributed by atoms with E-state index in [-0.39, 0.29) is 11.8 Å². The summed E-state index contributed by atoms with van der Waals surface area (Å²) in [5.74, 6) is -0.988. The number of amides is 2. The van der Waals surface area contributed by atoms with Gasteiger partial charge >= 0.3 is 0 Å². The van der Waals surface area contributed by atoms with E-state index in [0.29, 0.717) is 24.2 Å². The molecule has 3 aromatic rings. The molecule has 2 aromatic carbocycles. The van der Waals surface area contributed by atoms with Crippen molar-refractivity contribution in [2.75, 3.05) is 13.1 Å². The van der Waals surface area contributed by atoms with Crippen LogP contribution in [0.5, 0.6) is 0 Å². The highest BCUT2D eigenvalue weighted by Gasteiger charge is 2.35. The number of carbonyl (C=O) groups is 2. The molecule has 1 atom stereocenters. The van der Waals surface area contributed by atoms with Crippen LogP contribution in [0.4, 0.5) is 4.39 Å². The van der Waals surface area contributed by atoms with Crippen LogP contribution in [0, 0.1) is 5.82 Å². The molecule has 2 heterocycles. The molecule has 7 heteroatoms. The van der Waals surface area contributed by atoms with E-state index in [1.54, 1.807) is 35.8 Å². The third-order valence-corrected chi connectivity index (χ3v) is 5.01. The number of nitrogens with one attached hydrogen (secondary N) is 1. The number of aromatic nitrogens is 1. The summed E-state index contributed by atoms with van der Waals surface area (Å²) < 4.78 is 14.5. The maximum Gasteiger partial charge on any atom is 0.254 e. The molecule has 126 valence electrons. The zero-order chi connectivity index (χ0) is 17.4.